The normalized spacial score (nSPS) is 12.8. The first kappa shape index (κ1) is 10.4. The molecule has 12 heavy (non-hydrogen) atoms. The minimum atomic E-state index is 0.616. The van der Waals surface area contributed by atoms with Gasteiger partial charge in [-0.2, -0.15) is 0 Å². The van der Waals surface area contributed by atoms with Crippen molar-refractivity contribution < 1.29 is 0 Å². The van der Waals surface area contributed by atoms with E-state index in [2.05, 4.69) is 45.8 Å². The van der Waals surface area contributed by atoms with Crippen LogP contribution < -0.4 is 0 Å². The summed E-state index contributed by atoms with van der Waals surface area (Å²) in [4.78, 5) is 0. The fourth-order valence-corrected chi connectivity index (χ4v) is 2.41. The maximum Gasteiger partial charge on any atom is 0.0639 e. The van der Waals surface area contributed by atoms with E-state index in [1.807, 2.05) is 23.5 Å². The lowest BCUT2D eigenvalue weighted by atomic mass is 10.2. The van der Waals surface area contributed by atoms with E-state index in [0.29, 0.717) is 4.32 Å². The zero-order chi connectivity index (χ0) is 8.81. The van der Waals surface area contributed by atoms with Gasteiger partial charge in [-0.3, -0.25) is 0 Å². The molecule has 0 aliphatic carbocycles. The molecule has 0 saturated heterocycles. The number of benzene rings is 1. The van der Waals surface area contributed by atoms with Crippen LogP contribution in [-0.4, -0.2) is 10.6 Å². The molecule has 0 radical (unpaired) electrons. The summed E-state index contributed by atoms with van der Waals surface area (Å²) in [5, 5.41) is 0. The van der Waals surface area contributed by atoms with Crippen LogP contribution in [0.3, 0.4) is 0 Å². The molecule has 66 valence electrons. The van der Waals surface area contributed by atoms with Gasteiger partial charge in [0.2, 0.25) is 0 Å². The van der Waals surface area contributed by atoms with Crippen molar-refractivity contribution in [3.05, 3.63) is 35.9 Å². The summed E-state index contributed by atoms with van der Waals surface area (Å²) in [6.07, 6.45) is 2.13. The summed E-state index contributed by atoms with van der Waals surface area (Å²) in [5.41, 5.74) is 1.41. The monoisotopic (exact) mass is 216 g/mol. The van der Waals surface area contributed by atoms with Crippen molar-refractivity contribution in [3.63, 3.8) is 0 Å². The fourth-order valence-electron chi connectivity index (χ4n) is 0.821. The van der Waals surface area contributed by atoms with Gasteiger partial charge in [-0.25, -0.2) is 0 Å². The second-order valence-electron chi connectivity index (χ2n) is 2.40. The first-order valence-corrected chi connectivity index (χ1v) is 6.77. The van der Waals surface area contributed by atoms with Crippen molar-refractivity contribution in [2.75, 3.05) is 6.26 Å². The Balaban J connectivity index is 2.33. The fraction of sp³-hybridized carbons (Fsp3) is 0.333. The smallest absolute Gasteiger partial charge is 0.0639 e. The van der Waals surface area contributed by atoms with Crippen molar-refractivity contribution in [1.29, 1.82) is 0 Å². The predicted octanol–water partition coefficient (Wildman–Crippen LogP) is 3.44. The van der Waals surface area contributed by atoms with Gasteiger partial charge in [0.15, 0.2) is 0 Å². The molecule has 0 N–H and O–H groups in total. The molecule has 3 heteroatoms. The van der Waals surface area contributed by atoms with Crippen molar-refractivity contribution >= 4 is 32.8 Å². The molecule has 0 heterocycles. The third-order valence-electron chi connectivity index (χ3n) is 1.49. The summed E-state index contributed by atoms with van der Waals surface area (Å²) < 4.78 is 0.616. The van der Waals surface area contributed by atoms with Crippen LogP contribution in [0.1, 0.15) is 5.56 Å². The molecule has 0 saturated carbocycles. The molecule has 0 nitrogen and oxygen atoms in total. The molecule has 1 aromatic rings. The highest BCUT2D eigenvalue weighted by Crippen LogP contribution is 2.29. The minimum absolute atomic E-state index is 0.616. The van der Waals surface area contributed by atoms with E-state index < -0.39 is 0 Å². The van der Waals surface area contributed by atoms with E-state index in [9.17, 15) is 0 Å². The molecule has 1 aromatic carbocycles. The van der Waals surface area contributed by atoms with Crippen LogP contribution in [0.2, 0.25) is 0 Å². The average Bonchev–Trinajstić information content (AvgIpc) is 2.16. The van der Waals surface area contributed by atoms with E-state index in [1.165, 1.54) is 5.56 Å². The van der Waals surface area contributed by atoms with Crippen LogP contribution in [0.15, 0.2) is 30.3 Å². The lowest BCUT2D eigenvalue weighted by Gasteiger charge is -2.06. The summed E-state index contributed by atoms with van der Waals surface area (Å²) in [5.74, 6) is 1.11. The quantitative estimate of drug-likeness (QED) is 0.558. The second-order valence-corrected chi connectivity index (χ2v) is 6.44. The molecular weight excluding hydrogens is 203 g/mol. The molecular formula is C9H13PS2. The van der Waals surface area contributed by atoms with E-state index >= 15 is 0 Å². The van der Waals surface area contributed by atoms with Crippen LogP contribution >= 0.6 is 32.8 Å². The highest BCUT2D eigenvalue weighted by molar-refractivity contribution is 8.20. The molecule has 0 amide bonds. The summed E-state index contributed by atoms with van der Waals surface area (Å²) >= 11 is 3.83. The van der Waals surface area contributed by atoms with Gasteiger partial charge in [0, 0.05) is 5.75 Å². The molecule has 0 aliphatic rings. The summed E-state index contributed by atoms with van der Waals surface area (Å²) in [6.45, 7) is 0. The molecule has 0 bridgehead atoms. The summed E-state index contributed by atoms with van der Waals surface area (Å²) in [7, 11) is 2.83. The highest BCUT2D eigenvalue weighted by atomic mass is 32.2. The zero-order valence-electron chi connectivity index (χ0n) is 7.07. The maximum absolute atomic E-state index is 2.83. The average molecular weight is 216 g/mol. The lowest BCUT2D eigenvalue weighted by molar-refractivity contribution is 1.42. The highest BCUT2D eigenvalue weighted by Gasteiger charge is 1.99. The number of thioether (sulfide) groups is 2. The van der Waals surface area contributed by atoms with Crippen LogP contribution in [0.25, 0.3) is 0 Å². The summed E-state index contributed by atoms with van der Waals surface area (Å²) in [6, 6.07) is 10.6. The van der Waals surface area contributed by atoms with Crippen molar-refractivity contribution in [1.82, 2.24) is 0 Å². The lowest BCUT2D eigenvalue weighted by Crippen LogP contribution is -1.84. The molecule has 2 unspecified atom stereocenters. The van der Waals surface area contributed by atoms with Gasteiger partial charge in [-0.15, -0.1) is 32.8 Å². The van der Waals surface area contributed by atoms with Crippen molar-refractivity contribution in [2.24, 2.45) is 0 Å². The molecule has 2 atom stereocenters. The SMILES string of the molecule is CSC(P)SCc1ccccc1. The Labute approximate surface area is 85.1 Å². The van der Waals surface area contributed by atoms with Gasteiger partial charge >= 0.3 is 0 Å². The Hall–Kier alpha value is 0.350. The molecule has 0 aliphatic heterocycles. The Kier molecular flexibility index (Phi) is 5.13. The van der Waals surface area contributed by atoms with Gasteiger partial charge in [0.05, 0.1) is 4.32 Å². The molecule has 1 rings (SSSR count). The third-order valence-corrected chi connectivity index (χ3v) is 5.16. The Morgan fingerprint density at radius 3 is 2.58 bits per heavy atom. The van der Waals surface area contributed by atoms with Crippen molar-refractivity contribution in [3.8, 4) is 0 Å². The van der Waals surface area contributed by atoms with E-state index in [1.54, 1.807) is 0 Å². The largest absolute Gasteiger partial charge is 0.147 e. The van der Waals surface area contributed by atoms with Gasteiger partial charge in [-0.1, -0.05) is 30.3 Å². The molecule has 0 spiro atoms. The number of hydrogen-bond donors (Lipinski definition) is 0. The molecule has 0 aromatic heterocycles. The van der Waals surface area contributed by atoms with Gasteiger partial charge < -0.3 is 0 Å². The standard InChI is InChI=1S/C9H13PS2/c1-11-9(10)12-7-8-5-3-2-4-6-8/h2-6,9H,7,10H2,1H3. The van der Waals surface area contributed by atoms with E-state index in [4.69, 9.17) is 0 Å². The maximum atomic E-state index is 2.83. The third kappa shape index (κ3) is 3.84. The molecule has 0 fully saturated rings. The topological polar surface area (TPSA) is 0 Å². The Bertz CT molecular complexity index is 213. The van der Waals surface area contributed by atoms with Gasteiger partial charge in [-0.05, 0) is 11.8 Å². The van der Waals surface area contributed by atoms with Crippen LogP contribution in [0.4, 0.5) is 0 Å². The zero-order valence-corrected chi connectivity index (χ0v) is 9.85. The number of rotatable bonds is 4. The van der Waals surface area contributed by atoms with Crippen LogP contribution in [0.5, 0.6) is 0 Å². The van der Waals surface area contributed by atoms with Crippen molar-refractivity contribution in [2.45, 2.75) is 10.1 Å². The first-order chi connectivity index (χ1) is 5.83. The van der Waals surface area contributed by atoms with E-state index in [0.717, 1.165) is 5.75 Å². The van der Waals surface area contributed by atoms with Gasteiger partial charge in [0.1, 0.15) is 0 Å². The second kappa shape index (κ2) is 5.90. The Morgan fingerprint density at radius 1 is 1.33 bits per heavy atom. The van der Waals surface area contributed by atoms with Gasteiger partial charge in [0.25, 0.3) is 0 Å². The Morgan fingerprint density at radius 2 is 2.00 bits per heavy atom. The van der Waals surface area contributed by atoms with Crippen LogP contribution in [0, 0.1) is 0 Å². The van der Waals surface area contributed by atoms with E-state index in [-0.39, 0.29) is 0 Å². The van der Waals surface area contributed by atoms with Crippen LogP contribution in [-0.2, 0) is 5.75 Å². The predicted molar refractivity (Wildman–Crippen MR) is 64.8 cm³/mol. The first-order valence-electron chi connectivity index (χ1n) is 3.77. The minimum Gasteiger partial charge on any atom is -0.147 e. The number of hydrogen-bond acceptors (Lipinski definition) is 2.